The van der Waals surface area contributed by atoms with Crippen LogP contribution in [0.15, 0.2) is 11.4 Å². The largest absolute Gasteiger partial charge is 0.391 e. The number of aliphatic hydroxyl groups excluding tert-OH is 1. The number of fused-ring (bicyclic) bond motifs is 1. The standard InChI is InChI=1S/C19H27N5O2S/c1-12(2)19(26)24-9-14(25)8-15(24)18-21-20-17-11-22(5-6-23(17)18)10-16-13(3)4-7-27-16/h4,7,12,14-15,25H,5-6,8-11H2,1-3H3/t14-,15+/m1/s1. The van der Waals surface area contributed by atoms with Crippen molar-refractivity contribution < 1.29 is 9.90 Å². The summed E-state index contributed by atoms with van der Waals surface area (Å²) >= 11 is 1.80. The number of hydrogen-bond acceptors (Lipinski definition) is 6. The van der Waals surface area contributed by atoms with Gasteiger partial charge in [-0.1, -0.05) is 13.8 Å². The third-order valence-electron chi connectivity index (χ3n) is 5.55. The second kappa shape index (κ2) is 7.33. The molecule has 2 aromatic rings. The highest BCUT2D eigenvalue weighted by Gasteiger charge is 2.39. The molecule has 2 atom stereocenters. The molecule has 0 saturated carbocycles. The van der Waals surface area contributed by atoms with Crippen LogP contribution >= 0.6 is 11.3 Å². The second-order valence-electron chi connectivity index (χ2n) is 7.91. The third kappa shape index (κ3) is 3.53. The fraction of sp³-hybridized carbons (Fsp3) is 0.632. The molecule has 1 fully saturated rings. The molecule has 0 unspecified atom stereocenters. The Morgan fingerprint density at radius 1 is 1.37 bits per heavy atom. The minimum atomic E-state index is -0.493. The van der Waals surface area contributed by atoms with Gasteiger partial charge < -0.3 is 14.6 Å². The Bertz CT molecular complexity index is 830. The molecule has 7 nitrogen and oxygen atoms in total. The SMILES string of the molecule is Cc1ccsc1CN1CCn2c(nnc2[C@@H]2C[C@@H](O)CN2C(=O)C(C)C)C1. The summed E-state index contributed by atoms with van der Waals surface area (Å²) in [5, 5.41) is 21.2. The zero-order valence-corrected chi connectivity index (χ0v) is 16.9. The fourth-order valence-electron chi connectivity index (χ4n) is 4.01. The van der Waals surface area contributed by atoms with Crippen molar-refractivity contribution in [2.24, 2.45) is 5.92 Å². The first-order chi connectivity index (χ1) is 12.9. The van der Waals surface area contributed by atoms with E-state index in [0.29, 0.717) is 13.0 Å². The molecule has 0 bridgehead atoms. The first-order valence-electron chi connectivity index (χ1n) is 9.60. The van der Waals surface area contributed by atoms with Gasteiger partial charge in [0.1, 0.15) is 5.82 Å². The van der Waals surface area contributed by atoms with E-state index >= 15 is 0 Å². The number of amides is 1. The van der Waals surface area contributed by atoms with Crippen molar-refractivity contribution >= 4 is 17.2 Å². The van der Waals surface area contributed by atoms with E-state index in [9.17, 15) is 9.90 Å². The van der Waals surface area contributed by atoms with Gasteiger partial charge in [0.2, 0.25) is 5.91 Å². The average Bonchev–Trinajstić information content (AvgIpc) is 3.33. The van der Waals surface area contributed by atoms with Crippen molar-refractivity contribution in [1.29, 1.82) is 0 Å². The Kier molecular flexibility index (Phi) is 5.05. The Morgan fingerprint density at radius 2 is 2.19 bits per heavy atom. The van der Waals surface area contributed by atoms with Gasteiger partial charge in [-0.2, -0.15) is 0 Å². The average molecular weight is 390 g/mol. The van der Waals surface area contributed by atoms with E-state index in [2.05, 4.69) is 38.0 Å². The van der Waals surface area contributed by atoms with Gasteiger partial charge in [-0.3, -0.25) is 9.69 Å². The molecule has 2 aromatic heterocycles. The minimum absolute atomic E-state index is 0.0690. The summed E-state index contributed by atoms with van der Waals surface area (Å²) in [5.74, 6) is 1.75. The van der Waals surface area contributed by atoms with Gasteiger partial charge in [0, 0.05) is 43.4 Å². The van der Waals surface area contributed by atoms with Crippen LogP contribution in [-0.4, -0.2) is 54.8 Å². The Labute approximate surface area is 163 Å². The van der Waals surface area contributed by atoms with Crippen LogP contribution < -0.4 is 0 Å². The van der Waals surface area contributed by atoms with Crippen molar-refractivity contribution in [1.82, 2.24) is 24.6 Å². The number of hydrogen-bond donors (Lipinski definition) is 1. The number of thiophene rings is 1. The van der Waals surface area contributed by atoms with Crippen LogP contribution in [-0.2, 0) is 24.4 Å². The highest BCUT2D eigenvalue weighted by molar-refractivity contribution is 7.10. The number of aliphatic hydroxyl groups is 1. The molecule has 8 heteroatoms. The van der Waals surface area contributed by atoms with Crippen LogP contribution in [0.25, 0.3) is 0 Å². The van der Waals surface area contributed by atoms with Gasteiger partial charge in [-0.25, -0.2) is 0 Å². The van der Waals surface area contributed by atoms with Gasteiger partial charge in [-0.05, 0) is 23.9 Å². The zero-order valence-electron chi connectivity index (χ0n) is 16.1. The smallest absolute Gasteiger partial charge is 0.225 e. The maximum Gasteiger partial charge on any atom is 0.225 e. The van der Waals surface area contributed by atoms with E-state index in [1.54, 1.807) is 16.2 Å². The maximum absolute atomic E-state index is 12.6. The van der Waals surface area contributed by atoms with Crippen LogP contribution in [0, 0.1) is 12.8 Å². The number of rotatable bonds is 4. The van der Waals surface area contributed by atoms with Crippen LogP contribution in [0.2, 0.25) is 0 Å². The van der Waals surface area contributed by atoms with Crippen molar-refractivity contribution in [3.8, 4) is 0 Å². The van der Waals surface area contributed by atoms with Crippen molar-refractivity contribution in [2.75, 3.05) is 13.1 Å². The van der Waals surface area contributed by atoms with E-state index in [4.69, 9.17) is 0 Å². The molecule has 0 aromatic carbocycles. The van der Waals surface area contributed by atoms with E-state index in [1.807, 2.05) is 13.8 Å². The number of β-amino-alcohol motifs (C(OH)–C–C–N with tert-alkyl or cyclic N) is 1. The molecule has 0 aliphatic carbocycles. The predicted octanol–water partition coefficient (Wildman–Crippen LogP) is 1.95. The Morgan fingerprint density at radius 3 is 2.89 bits per heavy atom. The molecule has 0 spiro atoms. The molecule has 2 aliphatic rings. The lowest BCUT2D eigenvalue weighted by Crippen LogP contribution is -2.37. The predicted molar refractivity (Wildman–Crippen MR) is 103 cm³/mol. The number of carbonyl (C=O) groups is 1. The van der Waals surface area contributed by atoms with Gasteiger partial charge in [-0.15, -0.1) is 21.5 Å². The van der Waals surface area contributed by atoms with E-state index in [0.717, 1.165) is 37.8 Å². The maximum atomic E-state index is 12.6. The quantitative estimate of drug-likeness (QED) is 0.865. The first-order valence-corrected chi connectivity index (χ1v) is 10.5. The number of aromatic nitrogens is 3. The summed E-state index contributed by atoms with van der Waals surface area (Å²) in [6.45, 7) is 9.78. The van der Waals surface area contributed by atoms with Crippen LogP contribution in [0.1, 0.15) is 48.4 Å². The van der Waals surface area contributed by atoms with Gasteiger partial charge >= 0.3 is 0 Å². The molecule has 2 aliphatic heterocycles. The number of carbonyl (C=O) groups excluding carboxylic acids is 1. The molecule has 1 N–H and O–H groups in total. The lowest BCUT2D eigenvalue weighted by molar-refractivity contribution is -0.135. The molecule has 1 amide bonds. The van der Waals surface area contributed by atoms with Crippen LogP contribution in [0.3, 0.4) is 0 Å². The fourth-order valence-corrected chi connectivity index (χ4v) is 4.96. The zero-order chi connectivity index (χ0) is 19.1. The summed E-state index contributed by atoms with van der Waals surface area (Å²) < 4.78 is 2.15. The van der Waals surface area contributed by atoms with E-state index < -0.39 is 6.10 Å². The summed E-state index contributed by atoms with van der Waals surface area (Å²) in [7, 11) is 0. The topological polar surface area (TPSA) is 74.5 Å². The second-order valence-corrected chi connectivity index (χ2v) is 8.91. The number of likely N-dealkylation sites (tertiary alicyclic amines) is 1. The Hall–Kier alpha value is -1.77. The normalized spacial score (nSPS) is 23.2. The molecule has 0 radical (unpaired) electrons. The van der Waals surface area contributed by atoms with Crippen molar-refractivity contribution in [3.63, 3.8) is 0 Å². The lowest BCUT2D eigenvalue weighted by atomic mass is 10.1. The van der Waals surface area contributed by atoms with E-state index in [1.165, 1.54) is 10.4 Å². The Balaban J connectivity index is 1.52. The molecule has 1 saturated heterocycles. The summed E-state index contributed by atoms with van der Waals surface area (Å²) in [5.41, 5.74) is 1.34. The summed E-state index contributed by atoms with van der Waals surface area (Å²) in [4.78, 5) is 18.2. The lowest BCUT2D eigenvalue weighted by Gasteiger charge is -2.30. The van der Waals surface area contributed by atoms with Crippen LogP contribution in [0.5, 0.6) is 0 Å². The van der Waals surface area contributed by atoms with E-state index in [-0.39, 0.29) is 17.9 Å². The molecule has 4 rings (SSSR count). The highest BCUT2D eigenvalue weighted by atomic mass is 32.1. The van der Waals surface area contributed by atoms with Gasteiger partial charge in [0.25, 0.3) is 0 Å². The van der Waals surface area contributed by atoms with Crippen molar-refractivity contribution in [2.45, 2.75) is 59.0 Å². The van der Waals surface area contributed by atoms with Crippen LogP contribution in [0.4, 0.5) is 0 Å². The monoisotopic (exact) mass is 389 g/mol. The first kappa shape index (κ1) is 18.6. The molecule has 146 valence electrons. The highest BCUT2D eigenvalue weighted by Crippen LogP contribution is 2.33. The molecular formula is C19H27N5O2S. The summed E-state index contributed by atoms with van der Waals surface area (Å²) in [6, 6.07) is 1.98. The molecular weight excluding hydrogens is 362 g/mol. The number of nitrogens with zero attached hydrogens (tertiary/aromatic N) is 5. The summed E-state index contributed by atoms with van der Waals surface area (Å²) in [6.07, 6.45) is 0.0434. The van der Waals surface area contributed by atoms with Gasteiger partial charge in [0.15, 0.2) is 5.82 Å². The van der Waals surface area contributed by atoms with Gasteiger partial charge in [0.05, 0.1) is 18.7 Å². The third-order valence-corrected chi connectivity index (χ3v) is 6.56. The minimum Gasteiger partial charge on any atom is -0.391 e. The molecule has 27 heavy (non-hydrogen) atoms. The molecule has 4 heterocycles. The number of aryl methyl sites for hydroxylation is 1. The van der Waals surface area contributed by atoms with Crippen molar-refractivity contribution in [3.05, 3.63) is 33.5 Å².